The Labute approximate surface area is 203 Å². The van der Waals surface area contributed by atoms with E-state index in [4.69, 9.17) is 0 Å². The first kappa shape index (κ1) is 26.8. The van der Waals surface area contributed by atoms with E-state index in [2.05, 4.69) is 21.2 Å². The second-order valence-electron chi connectivity index (χ2n) is 8.21. The Balaban J connectivity index is 2.35. The number of nitrogens with one attached hydrogen (secondary N) is 1. The second-order valence-corrected chi connectivity index (χ2v) is 11.0. The van der Waals surface area contributed by atoms with Crippen molar-refractivity contribution in [1.29, 1.82) is 0 Å². The van der Waals surface area contributed by atoms with Crippen LogP contribution in [0.15, 0.2) is 53.0 Å². The lowest BCUT2D eigenvalue weighted by molar-refractivity contribution is -0.139. The van der Waals surface area contributed by atoms with Crippen LogP contribution >= 0.6 is 15.9 Å². The highest BCUT2D eigenvalue weighted by atomic mass is 79.9. The monoisotopic (exact) mass is 541 g/mol. The molecular weight excluding hydrogens is 513 g/mol. The maximum Gasteiger partial charge on any atom is 0.244 e. The van der Waals surface area contributed by atoms with Crippen LogP contribution < -0.4 is 9.62 Å². The number of rotatable bonds is 10. The molecule has 0 fully saturated rings. The molecule has 0 spiro atoms. The summed E-state index contributed by atoms with van der Waals surface area (Å²) in [5.41, 5.74) is 0.804. The van der Waals surface area contributed by atoms with Crippen LogP contribution in [0.3, 0.4) is 0 Å². The summed E-state index contributed by atoms with van der Waals surface area (Å²) >= 11 is 3.36. The van der Waals surface area contributed by atoms with Gasteiger partial charge in [-0.25, -0.2) is 12.8 Å². The summed E-state index contributed by atoms with van der Waals surface area (Å²) in [5, 5.41) is 2.81. The Kier molecular flexibility index (Phi) is 9.42. The number of nitrogens with zero attached hydrogens (tertiary/aromatic N) is 2. The van der Waals surface area contributed by atoms with Gasteiger partial charge in [0.05, 0.1) is 11.9 Å². The van der Waals surface area contributed by atoms with Crippen molar-refractivity contribution in [3.8, 4) is 0 Å². The first-order chi connectivity index (χ1) is 15.4. The van der Waals surface area contributed by atoms with Gasteiger partial charge in [-0.05, 0) is 48.7 Å². The molecule has 0 saturated carbocycles. The van der Waals surface area contributed by atoms with Gasteiger partial charge in [0.15, 0.2) is 0 Å². The standard InChI is InChI=1S/C23H29BrFN3O4S/c1-16(2)13-26-23(30)17(3)27(14-18-8-10-19(24)11-9-18)22(29)15-28(33(4,31)32)21-7-5-6-20(25)12-21/h5-12,16-17H,13-15H2,1-4H3,(H,26,30). The summed E-state index contributed by atoms with van der Waals surface area (Å²) in [5.74, 6) is -1.32. The van der Waals surface area contributed by atoms with Gasteiger partial charge in [-0.1, -0.05) is 48.0 Å². The summed E-state index contributed by atoms with van der Waals surface area (Å²) in [6, 6.07) is 11.4. The van der Waals surface area contributed by atoms with Crippen LogP contribution in [0.2, 0.25) is 0 Å². The largest absolute Gasteiger partial charge is 0.354 e. The fourth-order valence-corrected chi connectivity index (χ4v) is 4.17. The Morgan fingerprint density at radius 1 is 1.09 bits per heavy atom. The van der Waals surface area contributed by atoms with E-state index in [9.17, 15) is 22.4 Å². The predicted octanol–water partition coefficient (Wildman–Crippen LogP) is 3.54. The Bertz CT molecular complexity index is 1080. The first-order valence-electron chi connectivity index (χ1n) is 10.4. The number of amides is 2. The normalized spacial score (nSPS) is 12.3. The maximum absolute atomic E-state index is 13.7. The molecule has 2 rings (SSSR count). The average Bonchev–Trinajstić information content (AvgIpc) is 2.73. The van der Waals surface area contributed by atoms with Crippen LogP contribution in [0.1, 0.15) is 26.3 Å². The van der Waals surface area contributed by atoms with Gasteiger partial charge in [0.1, 0.15) is 18.4 Å². The second kappa shape index (κ2) is 11.6. The third-order valence-corrected chi connectivity index (χ3v) is 6.56. The van der Waals surface area contributed by atoms with Crippen molar-refractivity contribution in [1.82, 2.24) is 10.2 Å². The van der Waals surface area contributed by atoms with E-state index in [1.165, 1.54) is 23.1 Å². The minimum Gasteiger partial charge on any atom is -0.354 e. The number of hydrogen-bond donors (Lipinski definition) is 1. The molecule has 0 saturated heterocycles. The number of sulfonamides is 1. The van der Waals surface area contributed by atoms with E-state index in [1.807, 2.05) is 38.1 Å². The van der Waals surface area contributed by atoms with Crippen molar-refractivity contribution in [2.75, 3.05) is 23.7 Å². The van der Waals surface area contributed by atoms with Crippen LogP contribution in [0.5, 0.6) is 0 Å². The van der Waals surface area contributed by atoms with Crippen LogP contribution in [-0.2, 0) is 26.2 Å². The first-order valence-corrected chi connectivity index (χ1v) is 13.1. The number of benzene rings is 2. The zero-order valence-corrected chi connectivity index (χ0v) is 21.5. The molecule has 2 aromatic rings. The van der Waals surface area contributed by atoms with Crippen LogP contribution in [0.4, 0.5) is 10.1 Å². The van der Waals surface area contributed by atoms with E-state index in [0.717, 1.165) is 26.7 Å². The molecule has 2 aromatic carbocycles. The molecule has 1 atom stereocenters. The highest BCUT2D eigenvalue weighted by Gasteiger charge is 2.30. The zero-order valence-electron chi connectivity index (χ0n) is 19.1. The van der Waals surface area contributed by atoms with Crippen molar-refractivity contribution >= 4 is 43.5 Å². The average molecular weight is 542 g/mol. The summed E-state index contributed by atoms with van der Waals surface area (Å²) in [4.78, 5) is 27.4. The van der Waals surface area contributed by atoms with Crippen molar-refractivity contribution in [3.05, 3.63) is 64.4 Å². The van der Waals surface area contributed by atoms with Crippen LogP contribution in [0, 0.1) is 11.7 Å². The third kappa shape index (κ3) is 8.12. The fraction of sp³-hybridized carbons (Fsp3) is 0.391. The molecule has 0 aliphatic heterocycles. The molecular formula is C23H29BrFN3O4S. The van der Waals surface area contributed by atoms with Crippen molar-refractivity contribution in [2.45, 2.75) is 33.4 Å². The highest BCUT2D eigenvalue weighted by Crippen LogP contribution is 2.20. The molecule has 33 heavy (non-hydrogen) atoms. The SMILES string of the molecule is CC(C)CNC(=O)C(C)N(Cc1ccc(Br)cc1)C(=O)CN(c1cccc(F)c1)S(C)(=O)=O. The Hall–Kier alpha value is -2.46. The van der Waals surface area contributed by atoms with Crippen molar-refractivity contribution in [2.24, 2.45) is 5.92 Å². The molecule has 7 nitrogen and oxygen atoms in total. The molecule has 0 radical (unpaired) electrons. The molecule has 1 N–H and O–H groups in total. The Morgan fingerprint density at radius 2 is 1.73 bits per heavy atom. The summed E-state index contributed by atoms with van der Waals surface area (Å²) in [7, 11) is -3.90. The summed E-state index contributed by atoms with van der Waals surface area (Å²) in [6.45, 7) is 5.49. The van der Waals surface area contributed by atoms with Gasteiger partial charge < -0.3 is 10.2 Å². The topological polar surface area (TPSA) is 86.8 Å². The molecule has 0 aliphatic carbocycles. The third-order valence-electron chi connectivity index (χ3n) is 4.89. The molecule has 180 valence electrons. The van der Waals surface area contributed by atoms with Crippen LogP contribution in [-0.4, -0.2) is 50.5 Å². The lowest BCUT2D eigenvalue weighted by Crippen LogP contribution is -2.51. The number of hydrogen-bond acceptors (Lipinski definition) is 4. The van der Waals surface area contributed by atoms with Gasteiger partial charge in [0.25, 0.3) is 0 Å². The van der Waals surface area contributed by atoms with Gasteiger partial charge >= 0.3 is 0 Å². The lowest BCUT2D eigenvalue weighted by atomic mass is 10.1. The maximum atomic E-state index is 13.7. The number of anilines is 1. The molecule has 2 amide bonds. The van der Waals surface area contributed by atoms with Gasteiger partial charge in [-0.15, -0.1) is 0 Å². The van der Waals surface area contributed by atoms with E-state index < -0.39 is 34.3 Å². The Morgan fingerprint density at radius 3 is 2.27 bits per heavy atom. The number of halogens is 2. The quantitative estimate of drug-likeness (QED) is 0.498. The van der Waals surface area contributed by atoms with E-state index in [-0.39, 0.29) is 24.1 Å². The predicted molar refractivity (Wildman–Crippen MR) is 131 cm³/mol. The fourth-order valence-electron chi connectivity index (χ4n) is 3.07. The van der Waals surface area contributed by atoms with Gasteiger partial charge in [0, 0.05) is 17.6 Å². The summed E-state index contributed by atoms with van der Waals surface area (Å²) in [6.07, 6.45) is 0.947. The van der Waals surface area contributed by atoms with Gasteiger partial charge in [0.2, 0.25) is 21.8 Å². The van der Waals surface area contributed by atoms with Crippen molar-refractivity contribution < 1.29 is 22.4 Å². The van der Waals surface area contributed by atoms with Gasteiger partial charge in [-0.3, -0.25) is 13.9 Å². The van der Waals surface area contributed by atoms with E-state index >= 15 is 0 Å². The van der Waals surface area contributed by atoms with E-state index in [1.54, 1.807) is 6.92 Å². The molecule has 1 unspecified atom stereocenters. The molecule has 0 aliphatic rings. The summed E-state index contributed by atoms with van der Waals surface area (Å²) < 4.78 is 40.3. The lowest BCUT2D eigenvalue weighted by Gasteiger charge is -2.31. The van der Waals surface area contributed by atoms with E-state index in [0.29, 0.717) is 6.54 Å². The number of carbonyl (C=O) groups is 2. The van der Waals surface area contributed by atoms with Crippen molar-refractivity contribution in [3.63, 3.8) is 0 Å². The minimum absolute atomic E-state index is 0.0337. The zero-order chi connectivity index (χ0) is 24.8. The van der Waals surface area contributed by atoms with Gasteiger partial charge in [-0.2, -0.15) is 0 Å². The number of carbonyl (C=O) groups excluding carboxylic acids is 2. The molecule has 10 heteroatoms. The van der Waals surface area contributed by atoms with Crippen LogP contribution in [0.25, 0.3) is 0 Å². The minimum atomic E-state index is -3.90. The molecule has 0 heterocycles. The molecule has 0 bridgehead atoms. The highest BCUT2D eigenvalue weighted by molar-refractivity contribution is 9.10. The molecule has 0 aromatic heterocycles. The smallest absolute Gasteiger partial charge is 0.244 e.